The quantitative estimate of drug-likeness (QED) is 0.611. The molecule has 0 aromatic heterocycles. The first-order valence-electron chi connectivity index (χ1n) is 5.10. The summed E-state index contributed by atoms with van der Waals surface area (Å²) >= 11 is 0. The van der Waals surface area contributed by atoms with Crippen LogP contribution in [0.4, 0.5) is 0 Å². The summed E-state index contributed by atoms with van der Waals surface area (Å²) < 4.78 is 0. The number of hydrogen-bond donors (Lipinski definition) is 0. The Bertz CT molecular complexity index is 518. The Balaban J connectivity index is 2.11. The second-order valence-electron chi connectivity index (χ2n) is 3.60. The number of carbonyl (C=O) groups is 1. The molecular weight excluding hydrogens is 200 g/mol. The molecule has 3 rings (SSSR count). The van der Waals surface area contributed by atoms with Gasteiger partial charge in [-0.3, -0.25) is 14.8 Å². The molecule has 3 nitrogen and oxygen atoms in total. The van der Waals surface area contributed by atoms with E-state index < -0.39 is 0 Å². The number of ketones is 1. The number of hydrogen-bond acceptors (Lipinski definition) is 3. The molecule has 2 heterocycles. The standard InChI is InChI=1S/C13H10N2O/c16-13-7-3-6-12-11(13)5-4-9-14-8-1-2-10-15(12)14/h1-10H. The van der Waals surface area contributed by atoms with Gasteiger partial charge in [0.1, 0.15) is 0 Å². The van der Waals surface area contributed by atoms with Crippen LogP contribution in [0.15, 0.2) is 72.4 Å². The van der Waals surface area contributed by atoms with Crippen molar-refractivity contribution in [2.24, 2.45) is 0 Å². The van der Waals surface area contributed by atoms with Crippen LogP contribution in [0.25, 0.3) is 0 Å². The van der Waals surface area contributed by atoms with Crippen LogP contribution in [0.3, 0.4) is 0 Å². The fraction of sp³-hybridized carbons (Fsp3) is 0. The van der Waals surface area contributed by atoms with Gasteiger partial charge in [0.15, 0.2) is 5.78 Å². The van der Waals surface area contributed by atoms with Crippen LogP contribution < -0.4 is 0 Å². The van der Waals surface area contributed by atoms with Crippen molar-refractivity contribution in [2.45, 2.75) is 0 Å². The van der Waals surface area contributed by atoms with Crippen LogP contribution in [0.2, 0.25) is 0 Å². The van der Waals surface area contributed by atoms with Crippen molar-refractivity contribution in [2.75, 3.05) is 0 Å². The van der Waals surface area contributed by atoms with E-state index in [1.165, 1.54) is 0 Å². The Labute approximate surface area is 93.6 Å². The number of carbonyl (C=O) groups excluding carboxylic acids is 1. The first-order valence-corrected chi connectivity index (χ1v) is 5.10. The third-order valence-corrected chi connectivity index (χ3v) is 2.62. The van der Waals surface area contributed by atoms with Gasteiger partial charge in [-0.05, 0) is 36.5 Å². The molecule has 0 saturated heterocycles. The zero-order chi connectivity index (χ0) is 11.0. The highest BCUT2D eigenvalue weighted by molar-refractivity contribution is 6.08. The van der Waals surface area contributed by atoms with Crippen molar-refractivity contribution in [1.82, 2.24) is 10.0 Å². The van der Waals surface area contributed by atoms with Gasteiger partial charge in [0.05, 0.1) is 5.70 Å². The second-order valence-corrected chi connectivity index (χ2v) is 3.60. The highest BCUT2D eigenvalue weighted by Gasteiger charge is 2.23. The summed E-state index contributed by atoms with van der Waals surface area (Å²) in [6.07, 6.45) is 18.7. The number of allylic oxidation sites excluding steroid dienone is 8. The summed E-state index contributed by atoms with van der Waals surface area (Å²) in [6, 6.07) is 0. The number of nitrogens with zero attached hydrogens (tertiary/aromatic N) is 2. The van der Waals surface area contributed by atoms with Crippen molar-refractivity contribution in [3.8, 4) is 0 Å². The average Bonchev–Trinajstić information content (AvgIpc) is 2.50. The number of rotatable bonds is 0. The number of fused-ring (bicyclic) bond motifs is 3. The minimum absolute atomic E-state index is 0.0481. The van der Waals surface area contributed by atoms with E-state index in [9.17, 15) is 4.79 Å². The highest BCUT2D eigenvalue weighted by atomic mass is 16.1. The SMILES string of the molecule is O=C1C=CC=C2C1=CC=CN1C=CC=CN21. The predicted molar refractivity (Wildman–Crippen MR) is 61.4 cm³/mol. The van der Waals surface area contributed by atoms with Gasteiger partial charge in [0.2, 0.25) is 0 Å². The molecule has 0 saturated carbocycles. The monoisotopic (exact) mass is 210 g/mol. The zero-order valence-corrected chi connectivity index (χ0v) is 8.58. The lowest BCUT2D eigenvalue weighted by atomic mass is 10.0. The molecule has 3 aliphatic rings. The molecule has 2 aliphatic heterocycles. The average molecular weight is 210 g/mol. The Morgan fingerprint density at radius 2 is 1.69 bits per heavy atom. The molecule has 0 atom stereocenters. The van der Waals surface area contributed by atoms with Gasteiger partial charge in [-0.1, -0.05) is 6.08 Å². The van der Waals surface area contributed by atoms with Crippen LogP contribution >= 0.6 is 0 Å². The van der Waals surface area contributed by atoms with E-state index in [4.69, 9.17) is 0 Å². The highest BCUT2D eigenvalue weighted by Crippen LogP contribution is 2.27. The van der Waals surface area contributed by atoms with Gasteiger partial charge in [-0.25, -0.2) is 0 Å². The van der Waals surface area contributed by atoms with Crippen LogP contribution in [0, 0.1) is 0 Å². The third-order valence-electron chi connectivity index (χ3n) is 2.62. The fourth-order valence-corrected chi connectivity index (χ4v) is 1.87. The van der Waals surface area contributed by atoms with E-state index >= 15 is 0 Å². The van der Waals surface area contributed by atoms with Crippen LogP contribution in [0.5, 0.6) is 0 Å². The minimum atomic E-state index is 0.0481. The molecule has 0 bridgehead atoms. The van der Waals surface area contributed by atoms with Crippen molar-refractivity contribution < 1.29 is 4.79 Å². The van der Waals surface area contributed by atoms with Gasteiger partial charge in [0.25, 0.3) is 0 Å². The largest absolute Gasteiger partial charge is 0.289 e. The first kappa shape index (κ1) is 8.97. The van der Waals surface area contributed by atoms with Gasteiger partial charge >= 0.3 is 0 Å². The van der Waals surface area contributed by atoms with E-state index in [1.807, 2.05) is 59.0 Å². The lowest BCUT2D eigenvalue weighted by Gasteiger charge is -2.33. The second kappa shape index (κ2) is 3.38. The fourth-order valence-electron chi connectivity index (χ4n) is 1.87. The number of hydrazine groups is 1. The maximum atomic E-state index is 11.7. The van der Waals surface area contributed by atoms with Gasteiger partial charge in [0, 0.05) is 24.2 Å². The maximum Gasteiger partial charge on any atom is 0.188 e. The third kappa shape index (κ3) is 1.26. The summed E-state index contributed by atoms with van der Waals surface area (Å²) in [4.78, 5) is 11.7. The van der Waals surface area contributed by atoms with Crippen molar-refractivity contribution in [1.29, 1.82) is 0 Å². The molecule has 16 heavy (non-hydrogen) atoms. The molecule has 0 fully saturated rings. The molecule has 0 amide bonds. The Kier molecular flexibility index (Phi) is 1.90. The summed E-state index contributed by atoms with van der Waals surface area (Å²) in [7, 11) is 0. The van der Waals surface area contributed by atoms with Gasteiger partial charge < -0.3 is 0 Å². The Morgan fingerprint density at radius 3 is 2.62 bits per heavy atom. The molecule has 0 aromatic carbocycles. The molecule has 0 spiro atoms. The molecule has 0 aromatic rings. The molecule has 1 aliphatic carbocycles. The smallest absolute Gasteiger partial charge is 0.188 e. The van der Waals surface area contributed by atoms with Gasteiger partial charge in [-0.2, -0.15) is 0 Å². The summed E-state index contributed by atoms with van der Waals surface area (Å²) in [5, 5.41) is 3.87. The normalized spacial score (nSPS) is 21.4. The Hall–Kier alpha value is -2.29. The van der Waals surface area contributed by atoms with Crippen LogP contribution in [-0.2, 0) is 4.79 Å². The molecular formula is C13H10N2O. The molecule has 0 N–H and O–H groups in total. The lowest BCUT2D eigenvalue weighted by molar-refractivity contribution is -0.111. The van der Waals surface area contributed by atoms with E-state index in [2.05, 4.69) is 0 Å². The summed E-state index contributed by atoms with van der Waals surface area (Å²) in [5.74, 6) is 0.0481. The van der Waals surface area contributed by atoms with E-state index in [0.29, 0.717) is 0 Å². The molecule has 0 unspecified atom stereocenters. The van der Waals surface area contributed by atoms with Gasteiger partial charge in [-0.15, -0.1) is 0 Å². The topological polar surface area (TPSA) is 23.6 Å². The maximum absolute atomic E-state index is 11.7. The van der Waals surface area contributed by atoms with Crippen molar-refractivity contribution in [3.63, 3.8) is 0 Å². The molecule has 78 valence electrons. The van der Waals surface area contributed by atoms with E-state index in [0.717, 1.165) is 11.3 Å². The minimum Gasteiger partial charge on any atom is -0.289 e. The Morgan fingerprint density at radius 1 is 0.875 bits per heavy atom. The molecule has 0 radical (unpaired) electrons. The summed E-state index contributed by atoms with van der Waals surface area (Å²) in [6.45, 7) is 0. The predicted octanol–water partition coefficient (Wildman–Crippen LogP) is 2.02. The van der Waals surface area contributed by atoms with E-state index in [-0.39, 0.29) is 5.78 Å². The van der Waals surface area contributed by atoms with Crippen molar-refractivity contribution in [3.05, 3.63) is 72.4 Å². The van der Waals surface area contributed by atoms with E-state index in [1.54, 1.807) is 12.2 Å². The molecule has 3 heteroatoms. The van der Waals surface area contributed by atoms with Crippen LogP contribution in [0.1, 0.15) is 0 Å². The van der Waals surface area contributed by atoms with Crippen molar-refractivity contribution >= 4 is 5.78 Å². The van der Waals surface area contributed by atoms with Crippen LogP contribution in [-0.4, -0.2) is 15.8 Å². The first-order chi connectivity index (χ1) is 7.86. The zero-order valence-electron chi connectivity index (χ0n) is 8.58. The lowest BCUT2D eigenvalue weighted by Crippen LogP contribution is -2.32. The summed E-state index contributed by atoms with van der Waals surface area (Å²) in [5.41, 5.74) is 1.62.